The Labute approximate surface area is 191 Å². The number of carbonyl (C=O) groups excluding carboxylic acids is 2. The molecule has 0 bridgehead atoms. The lowest BCUT2D eigenvalue weighted by Gasteiger charge is -2.47. The standard InChI is InChI=1S/C24H26O9/c1-14(25)29-21-20-19(13-28-23(33-20)16-7-5-4-6-8-16)32-24(22(21)30-15(2)26)31-18-11-9-17(27-3)10-12-18/h4-12,19-24H,13H2,1-3H3/t19-,20-,21+,22-,23?,24-/m1/s1. The van der Waals surface area contributed by atoms with E-state index >= 15 is 0 Å². The second-order valence-corrected chi connectivity index (χ2v) is 7.66. The van der Waals surface area contributed by atoms with Gasteiger partial charge in [-0.05, 0) is 24.3 Å². The van der Waals surface area contributed by atoms with E-state index in [-0.39, 0.29) is 6.61 Å². The average Bonchev–Trinajstić information content (AvgIpc) is 2.81. The van der Waals surface area contributed by atoms with E-state index in [2.05, 4.69) is 0 Å². The van der Waals surface area contributed by atoms with Gasteiger partial charge < -0.3 is 33.2 Å². The van der Waals surface area contributed by atoms with Gasteiger partial charge in [0.2, 0.25) is 12.4 Å². The zero-order valence-electron chi connectivity index (χ0n) is 18.5. The van der Waals surface area contributed by atoms with E-state index in [4.69, 9.17) is 33.2 Å². The van der Waals surface area contributed by atoms with Crippen LogP contribution >= 0.6 is 0 Å². The Bertz CT molecular complexity index is 946. The van der Waals surface area contributed by atoms with Gasteiger partial charge in [-0.1, -0.05) is 30.3 Å². The maximum absolute atomic E-state index is 12.0. The molecule has 6 atom stereocenters. The van der Waals surface area contributed by atoms with Crippen molar-refractivity contribution in [2.75, 3.05) is 13.7 Å². The van der Waals surface area contributed by atoms with Crippen LogP contribution in [0.3, 0.4) is 0 Å². The highest BCUT2D eigenvalue weighted by Crippen LogP contribution is 2.37. The third-order valence-electron chi connectivity index (χ3n) is 5.27. The fraction of sp³-hybridized carbons (Fsp3) is 0.417. The molecule has 2 aliphatic rings. The summed E-state index contributed by atoms with van der Waals surface area (Å²) < 4.78 is 40.3. The Kier molecular flexibility index (Phi) is 7.12. The molecule has 2 fully saturated rings. The highest BCUT2D eigenvalue weighted by atomic mass is 16.8. The molecule has 0 spiro atoms. The molecule has 2 aliphatic heterocycles. The predicted molar refractivity (Wildman–Crippen MR) is 113 cm³/mol. The predicted octanol–water partition coefficient (Wildman–Crippen LogP) is 2.78. The van der Waals surface area contributed by atoms with Gasteiger partial charge in [0.15, 0.2) is 12.4 Å². The number of benzene rings is 2. The molecular formula is C24H26O9. The summed E-state index contributed by atoms with van der Waals surface area (Å²) in [5.74, 6) is -0.0123. The number of fused-ring (bicyclic) bond motifs is 1. The van der Waals surface area contributed by atoms with Crippen molar-refractivity contribution in [3.8, 4) is 11.5 Å². The maximum Gasteiger partial charge on any atom is 0.303 e. The first kappa shape index (κ1) is 23.0. The van der Waals surface area contributed by atoms with Crippen molar-refractivity contribution in [3.05, 3.63) is 60.2 Å². The summed E-state index contributed by atoms with van der Waals surface area (Å²) >= 11 is 0. The van der Waals surface area contributed by atoms with Crippen LogP contribution in [-0.2, 0) is 33.3 Å². The lowest BCUT2D eigenvalue weighted by molar-refractivity contribution is -0.351. The van der Waals surface area contributed by atoms with Gasteiger partial charge in [-0.15, -0.1) is 0 Å². The monoisotopic (exact) mass is 458 g/mol. The molecule has 33 heavy (non-hydrogen) atoms. The van der Waals surface area contributed by atoms with Crippen LogP contribution in [0.2, 0.25) is 0 Å². The molecule has 2 heterocycles. The van der Waals surface area contributed by atoms with E-state index in [0.717, 1.165) is 5.56 Å². The topological polar surface area (TPSA) is 98.8 Å². The van der Waals surface area contributed by atoms with Gasteiger partial charge in [0.25, 0.3) is 0 Å². The summed E-state index contributed by atoms with van der Waals surface area (Å²) in [5, 5.41) is 0. The normalized spacial score (nSPS) is 28.8. The van der Waals surface area contributed by atoms with Gasteiger partial charge in [0.1, 0.15) is 23.7 Å². The molecule has 2 saturated heterocycles. The summed E-state index contributed by atoms with van der Waals surface area (Å²) in [6, 6.07) is 16.2. The molecule has 4 rings (SSSR count). The molecule has 0 amide bonds. The number of carbonyl (C=O) groups is 2. The van der Waals surface area contributed by atoms with E-state index in [0.29, 0.717) is 11.5 Å². The summed E-state index contributed by atoms with van der Waals surface area (Å²) in [4.78, 5) is 23.9. The van der Waals surface area contributed by atoms with Crippen LogP contribution in [0.4, 0.5) is 0 Å². The third kappa shape index (κ3) is 5.44. The average molecular weight is 458 g/mol. The molecule has 0 saturated carbocycles. The number of methoxy groups -OCH3 is 1. The number of ether oxygens (including phenoxy) is 7. The van der Waals surface area contributed by atoms with Gasteiger partial charge >= 0.3 is 11.9 Å². The molecule has 0 radical (unpaired) electrons. The van der Waals surface area contributed by atoms with Crippen LogP contribution in [0.15, 0.2) is 54.6 Å². The molecule has 0 N–H and O–H groups in total. The van der Waals surface area contributed by atoms with E-state index in [9.17, 15) is 9.59 Å². The zero-order chi connectivity index (χ0) is 23.4. The quantitative estimate of drug-likeness (QED) is 0.605. The van der Waals surface area contributed by atoms with Crippen molar-refractivity contribution in [3.63, 3.8) is 0 Å². The van der Waals surface area contributed by atoms with Crippen molar-refractivity contribution >= 4 is 11.9 Å². The van der Waals surface area contributed by atoms with E-state index in [1.165, 1.54) is 13.8 Å². The van der Waals surface area contributed by atoms with Crippen LogP contribution in [0, 0.1) is 0 Å². The van der Waals surface area contributed by atoms with E-state index in [1.807, 2.05) is 30.3 Å². The Morgan fingerprint density at radius 2 is 1.48 bits per heavy atom. The Morgan fingerprint density at radius 3 is 2.12 bits per heavy atom. The molecular weight excluding hydrogens is 432 g/mol. The molecule has 0 aromatic heterocycles. The highest BCUT2D eigenvalue weighted by Gasteiger charge is 2.54. The van der Waals surface area contributed by atoms with Crippen LogP contribution < -0.4 is 9.47 Å². The minimum atomic E-state index is -1.07. The second kappa shape index (κ2) is 10.2. The van der Waals surface area contributed by atoms with Crippen molar-refractivity contribution < 1.29 is 42.7 Å². The first-order valence-electron chi connectivity index (χ1n) is 10.6. The van der Waals surface area contributed by atoms with Crippen LogP contribution in [0.25, 0.3) is 0 Å². The number of rotatable bonds is 6. The molecule has 176 valence electrons. The van der Waals surface area contributed by atoms with Crippen molar-refractivity contribution in [2.24, 2.45) is 0 Å². The summed E-state index contributed by atoms with van der Waals surface area (Å²) in [6.45, 7) is 2.71. The zero-order valence-corrected chi connectivity index (χ0v) is 18.5. The smallest absolute Gasteiger partial charge is 0.303 e. The molecule has 2 aromatic carbocycles. The molecule has 0 aliphatic carbocycles. The lowest BCUT2D eigenvalue weighted by atomic mass is 9.97. The van der Waals surface area contributed by atoms with Crippen molar-refractivity contribution in [1.29, 1.82) is 0 Å². The van der Waals surface area contributed by atoms with Crippen molar-refractivity contribution in [1.82, 2.24) is 0 Å². The summed E-state index contributed by atoms with van der Waals surface area (Å²) in [5.41, 5.74) is 0.804. The molecule has 2 aromatic rings. The molecule has 9 nitrogen and oxygen atoms in total. The highest BCUT2D eigenvalue weighted by molar-refractivity contribution is 5.67. The number of hydrogen-bond donors (Lipinski definition) is 0. The van der Waals surface area contributed by atoms with E-state index in [1.54, 1.807) is 31.4 Å². The van der Waals surface area contributed by atoms with Crippen LogP contribution in [0.5, 0.6) is 11.5 Å². The Morgan fingerprint density at radius 1 is 0.848 bits per heavy atom. The number of esters is 2. The minimum Gasteiger partial charge on any atom is -0.497 e. The van der Waals surface area contributed by atoms with Crippen molar-refractivity contribution in [2.45, 2.75) is 50.8 Å². The molecule has 1 unspecified atom stereocenters. The Hall–Kier alpha value is -3.14. The van der Waals surface area contributed by atoms with Gasteiger partial charge in [-0.25, -0.2) is 0 Å². The first-order chi connectivity index (χ1) is 15.9. The second-order valence-electron chi connectivity index (χ2n) is 7.66. The van der Waals surface area contributed by atoms with Gasteiger partial charge in [0.05, 0.1) is 13.7 Å². The van der Waals surface area contributed by atoms with Gasteiger partial charge in [0, 0.05) is 19.4 Å². The first-order valence-corrected chi connectivity index (χ1v) is 10.6. The lowest BCUT2D eigenvalue weighted by Crippen LogP contribution is -2.64. The molecule has 9 heteroatoms. The number of hydrogen-bond acceptors (Lipinski definition) is 9. The fourth-order valence-electron chi connectivity index (χ4n) is 3.85. The van der Waals surface area contributed by atoms with Gasteiger partial charge in [-0.3, -0.25) is 9.59 Å². The van der Waals surface area contributed by atoms with Crippen LogP contribution in [0.1, 0.15) is 25.7 Å². The maximum atomic E-state index is 12.0. The SMILES string of the molecule is COc1ccc(O[C@@H]2O[C@@H]3COC(c4ccccc4)O[C@H]3[C@H](OC(C)=O)[C@H]2OC(C)=O)cc1. The minimum absolute atomic E-state index is 0.164. The summed E-state index contributed by atoms with van der Waals surface area (Å²) in [7, 11) is 1.56. The largest absolute Gasteiger partial charge is 0.497 e. The fourth-order valence-corrected chi connectivity index (χ4v) is 3.85. The third-order valence-corrected chi connectivity index (χ3v) is 5.27. The Balaban J connectivity index is 1.60. The van der Waals surface area contributed by atoms with Gasteiger partial charge in [-0.2, -0.15) is 0 Å². The summed E-state index contributed by atoms with van der Waals surface area (Å²) in [6.07, 6.45) is -5.15. The van der Waals surface area contributed by atoms with E-state index < -0.39 is 48.9 Å². The van der Waals surface area contributed by atoms with Crippen LogP contribution in [-0.4, -0.2) is 56.4 Å².